The van der Waals surface area contributed by atoms with Crippen LogP contribution in [0.25, 0.3) is 10.2 Å². The molecule has 0 aliphatic heterocycles. The van der Waals surface area contributed by atoms with Gasteiger partial charge in [-0.2, -0.15) is 4.99 Å². The van der Waals surface area contributed by atoms with E-state index in [9.17, 15) is 4.79 Å². The second-order valence-corrected chi connectivity index (χ2v) is 7.95. The zero-order valence-electron chi connectivity index (χ0n) is 14.7. The van der Waals surface area contributed by atoms with Crippen LogP contribution in [0.2, 0.25) is 5.02 Å². The first-order valence-corrected chi connectivity index (χ1v) is 10.4. The lowest BCUT2D eigenvalue weighted by molar-refractivity contribution is -0.120. The van der Waals surface area contributed by atoms with Crippen LogP contribution in [0.3, 0.4) is 0 Å². The number of rotatable bonds is 7. The molecule has 0 aliphatic rings. The van der Waals surface area contributed by atoms with Crippen LogP contribution in [0.4, 0.5) is 0 Å². The molecule has 8 heteroatoms. The lowest BCUT2D eigenvalue weighted by Crippen LogP contribution is -2.21. The molecule has 0 N–H and O–H groups in total. The molecular weight excluding hydrogens is 452 g/mol. The number of aromatic nitrogens is 1. The van der Waals surface area contributed by atoms with Gasteiger partial charge < -0.3 is 14.0 Å². The van der Waals surface area contributed by atoms with Crippen LogP contribution in [-0.2, 0) is 16.1 Å². The van der Waals surface area contributed by atoms with Crippen molar-refractivity contribution in [3.8, 4) is 5.75 Å². The Hall–Kier alpha value is -1.67. The third-order valence-electron chi connectivity index (χ3n) is 3.70. The molecule has 5 nitrogen and oxygen atoms in total. The van der Waals surface area contributed by atoms with Gasteiger partial charge in [0.1, 0.15) is 5.75 Å². The van der Waals surface area contributed by atoms with Gasteiger partial charge in [-0.05, 0) is 49.4 Å². The summed E-state index contributed by atoms with van der Waals surface area (Å²) in [6, 6.07) is 12.9. The van der Waals surface area contributed by atoms with E-state index < -0.39 is 0 Å². The maximum Gasteiger partial charge on any atom is 0.286 e. The number of ether oxygens (including phenoxy) is 2. The predicted octanol–water partition coefficient (Wildman–Crippen LogP) is 4.66. The van der Waals surface area contributed by atoms with Gasteiger partial charge in [-0.15, -0.1) is 0 Å². The second kappa shape index (κ2) is 9.50. The number of benzene rings is 2. The van der Waals surface area contributed by atoms with Crippen LogP contribution in [0.15, 0.2) is 51.9 Å². The smallest absolute Gasteiger partial charge is 0.286 e. The number of carbonyl (C=O) groups excluding carboxylic acids is 1. The summed E-state index contributed by atoms with van der Waals surface area (Å²) in [7, 11) is 0. The van der Waals surface area contributed by atoms with E-state index in [2.05, 4.69) is 20.9 Å². The van der Waals surface area contributed by atoms with Gasteiger partial charge in [0.05, 0.1) is 16.8 Å². The summed E-state index contributed by atoms with van der Waals surface area (Å²) < 4.78 is 15.0. The van der Waals surface area contributed by atoms with Gasteiger partial charge in [0.2, 0.25) is 0 Å². The van der Waals surface area contributed by atoms with Crippen LogP contribution in [0.1, 0.15) is 6.92 Å². The Labute approximate surface area is 174 Å². The largest absolute Gasteiger partial charge is 0.484 e. The van der Waals surface area contributed by atoms with Gasteiger partial charge >= 0.3 is 0 Å². The highest BCUT2D eigenvalue weighted by molar-refractivity contribution is 9.10. The van der Waals surface area contributed by atoms with Crippen molar-refractivity contribution in [2.45, 2.75) is 13.5 Å². The number of thiazole rings is 1. The minimum Gasteiger partial charge on any atom is -0.484 e. The molecule has 0 unspecified atom stereocenters. The highest BCUT2D eigenvalue weighted by Crippen LogP contribution is 2.22. The van der Waals surface area contributed by atoms with Crippen LogP contribution >= 0.6 is 38.9 Å². The van der Waals surface area contributed by atoms with Crippen LogP contribution in [-0.4, -0.2) is 30.3 Å². The fourth-order valence-electron chi connectivity index (χ4n) is 2.46. The van der Waals surface area contributed by atoms with Gasteiger partial charge in [-0.1, -0.05) is 38.9 Å². The van der Waals surface area contributed by atoms with E-state index >= 15 is 0 Å². The summed E-state index contributed by atoms with van der Waals surface area (Å²) in [5.41, 5.74) is 1.02. The summed E-state index contributed by atoms with van der Waals surface area (Å²) in [5, 5.41) is 0.616. The predicted molar refractivity (Wildman–Crippen MR) is 112 cm³/mol. The molecule has 0 aliphatic carbocycles. The number of nitrogens with zero attached hydrogens (tertiary/aromatic N) is 2. The third kappa shape index (κ3) is 5.42. The summed E-state index contributed by atoms with van der Waals surface area (Å²) in [4.78, 5) is 17.2. The minimum absolute atomic E-state index is 0.134. The number of hydrogen-bond acceptors (Lipinski definition) is 4. The van der Waals surface area contributed by atoms with Crippen molar-refractivity contribution < 1.29 is 14.3 Å². The maximum atomic E-state index is 12.3. The molecule has 0 atom stereocenters. The average Bonchev–Trinajstić information content (AvgIpc) is 2.97. The number of amides is 1. The molecule has 1 amide bonds. The average molecular weight is 470 g/mol. The monoisotopic (exact) mass is 468 g/mol. The van der Waals surface area contributed by atoms with Gasteiger partial charge in [0, 0.05) is 22.6 Å². The van der Waals surface area contributed by atoms with Crippen LogP contribution in [0.5, 0.6) is 5.75 Å². The molecule has 0 saturated carbocycles. The summed E-state index contributed by atoms with van der Waals surface area (Å²) in [6.45, 7) is 3.65. The molecule has 0 fully saturated rings. The van der Waals surface area contributed by atoms with Crippen molar-refractivity contribution in [1.29, 1.82) is 0 Å². The number of hydrogen-bond donors (Lipinski definition) is 0. The number of carbonyl (C=O) groups is 1. The third-order valence-corrected chi connectivity index (χ3v) is 5.49. The molecule has 1 heterocycles. The molecule has 3 rings (SSSR count). The van der Waals surface area contributed by atoms with E-state index in [1.165, 1.54) is 11.3 Å². The summed E-state index contributed by atoms with van der Waals surface area (Å²) >= 11 is 10.8. The van der Waals surface area contributed by atoms with Crippen molar-refractivity contribution in [2.75, 3.05) is 19.8 Å². The van der Waals surface area contributed by atoms with Gasteiger partial charge in [-0.25, -0.2) is 0 Å². The van der Waals surface area contributed by atoms with Crippen molar-refractivity contribution in [3.05, 3.63) is 56.8 Å². The zero-order chi connectivity index (χ0) is 19.2. The number of halogens is 2. The molecular formula is C19H18BrClN2O3S. The Bertz CT molecular complexity index is 998. The standard InChI is InChI=1S/C19H18BrClN2O3S/c1-2-25-10-9-23-16-8-3-13(20)11-17(16)27-19(23)22-18(24)12-26-15-6-4-14(21)5-7-15/h3-8,11H,2,9-10,12H2,1H3. The SMILES string of the molecule is CCOCCn1c(=NC(=O)COc2ccc(Cl)cc2)sc2cc(Br)ccc21. The lowest BCUT2D eigenvalue weighted by Gasteiger charge is -2.06. The Morgan fingerprint density at radius 3 is 2.78 bits per heavy atom. The first-order valence-electron chi connectivity index (χ1n) is 8.39. The van der Waals surface area contributed by atoms with E-state index in [1.807, 2.05) is 29.7 Å². The Morgan fingerprint density at radius 2 is 2.04 bits per heavy atom. The quantitative estimate of drug-likeness (QED) is 0.473. The normalized spacial score (nSPS) is 11.9. The van der Waals surface area contributed by atoms with E-state index in [4.69, 9.17) is 21.1 Å². The van der Waals surface area contributed by atoms with Crippen LogP contribution in [0, 0.1) is 0 Å². The molecule has 3 aromatic rings. The molecule has 0 bridgehead atoms. The Balaban J connectivity index is 1.83. The number of fused-ring (bicyclic) bond motifs is 1. The Morgan fingerprint density at radius 1 is 1.26 bits per heavy atom. The molecule has 0 radical (unpaired) electrons. The van der Waals surface area contributed by atoms with Gasteiger partial charge in [-0.3, -0.25) is 4.79 Å². The molecule has 27 heavy (non-hydrogen) atoms. The molecule has 0 spiro atoms. The van der Waals surface area contributed by atoms with Crippen molar-refractivity contribution >= 4 is 55.0 Å². The van der Waals surface area contributed by atoms with E-state index in [0.717, 1.165) is 14.7 Å². The second-order valence-electron chi connectivity index (χ2n) is 5.59. The fraction of sp³-hybridized carbons (Fsp3) is 0.263. The summed E-state index contributed by atoms with van der Waals surface area (Å²) in [5.74, 6) is 0.230. The first kappa shape index (κ1) is 20.1. The highest BCUT2D eigenvalue weighted by Gasteiger charge is 2.09. The topological polar surface area (TPSA) is 52.8 Å². The zero-order valence-corrected chi connectivity index (χ0v) is 17.8. The van der Waals surface area contributed by atoms with E-state index in [-0.39, 0.29) is 12.5 Å². The molecule has 2 aromatic carbocycles. The highest BCUT2D eigenvalue weighted by atomic mass is 79.9. The minimum atomic E-state index is -0.347. The first-order chi connectivity index (χ1) is 13.1. The molecule has 0 saturated heterocycles. The fourth-order valence-corrected chi connectivity index (χ4v) is 4.21. The summed E-state index contributed by atoms with van der Waals surface area (Å²) in [6.07, 6.45) is 0. The lowest BCUT2D eigenvalue weighted by atomic mass is 10.3. The molecule has 1 aromatic heterocycles. The van der Waals surface area contributed by atoms with Crippen LogP contribution < -0.4 is 9.54 Å². The van der Waals surface area contributed by atoms with Crippen molar-refractivity contribution in [3.63, 3.8) is 0 Å². The molecule has 142 valence electrons. The maximum absolute atomic E-state index is 12.3. The van der Waals surface area contributed by atoms with Crippen molar-refractivity contribution in [1.82, 2.24) is 4.57 Å². The van der Waals surface area contributed by atoms with E-state index in [0.29, 0.717) is 35.3 Å². The van der Waals surface area contributed by atoms with Gasteiger partial charge in [0.15, 0.2) is 11.4 Å². The van der Waals surface area contributed by atoms with E-state index in [1.54, 1.807) is 24.3 Å². The van der Waals surface area contributed by atoms with Gasteiger partial charge in [0.25, 0.3) is 5.91 Å². The van der Waals surface area contributed by atoms with Crippen molar-refractivity contribution in [2.24, 2.45) is 4.99 Å². The Kier molecular flexibility index (Phi) is 7.07.